The minimum atomic E-state index is 0.719. The molecule has 2 unspecified atom stereocenters. The van der Waals surface area contributed by atoms with Gasteiger partial charge in [-0.3, -0.25) is 0 Å². The Hall–Kier alpha value is -1.36. The number of hydrazine groups is 1. The fourth-order valence-electron chi connectivity index (χ4n) is 3.02. The van der Waals surface area contributed by atoms with Gasteiger partial charge in [-0.1, -0.05) is 26.7 Å². The van der Waals surface area contributed by atoms with E-state index in [-0.39, 0.29) is 0 Å². The van der Waals surface area contributed by atoms with Gasteiger partial charge in [0.15, 0.2) is 0 Å². The van der Waals surface area contributed by atoms with Crippen molar-refractivity contribution in [2.45, 2.75) is 52.9 Å². The van der Waals surface area contributed by atoms with E-state index in [1.165, 1.54) is 25.7 Å². The molecule has 1 aromatic rings. The average Bonchev–Trinajstić information content (AvgIpc) is 2.46. The second kappa shape index (κ2) is 6.88. The molecule has 0 saturated heterocycles. The number of nitrogens with two attached hydrogens (primary N) is 1. The van der Waals surface area contributed by atoms with E-state index in [1.54, 1.807) is 0 Å². The van der Waals surface area contributed by atoms with Crippen LogP contribution in [0, 0.1) is 18.8 Å². The number of nitrogens with zero attached hydrogens (tertiary/aromatic N) is 2. The molecule has 1 fully saturated rings. The van der Waals surface area contributed by atoms with Gasteiger partial charge in [0, 0.05) is 18.5 Å². The Labute approximate surface area is 121 Å². The van der Waals surface area contributed by atoms with Gasteiger partial charge in [-0.05, 0) is 31.6 Å². The predicted molar refractivity (Wildman–Crippen MR) is 83.6 cm³/mol. The smallest absolute Gasteiger partial charge is 0.148 e. The van der Waals surface area contributed by atoms with Gasteiger partial charge in [0.05, 0.1) is 0 Å². The molecule has 2 atom stereocenters. The fraction of sp³-hybridized carbons (Fsp3) is 0.733. The van der Waals surface area contributed by atoms with Crippen molar-refractivity contribution >= 4 is 11.6 Å². The lowest BCUT2D eigenvalue weighted by Gasteiger charge is -2.27. The number of hydrogen-bond donors (Lipinski definition) is 3. The Bertz CT molecular complexity index is 446. The molecule has 0 aliphatic heterocycles. The molecule has 4 N–H and O–H groups in total. The maximum absolute atomic E-state index is 5.53. The summed E-state index contributed by atoms with van der Waals surface area (Å²) in [5.41, 5.74) is 3.66. The highest BCUT2D eigenvalue weighted by Crippen LogP contribution is 2.29. The van der Waals surface area contributed by atoms with Gasteiger partial charge >= 0.3 is 0 Å². The molecule has 1 heterocycles. The van der Waals surface area contributed by atoms with Crippen LogP contribution < -0.4 is 16.6 Å². The van der Waals surface area contributed by atoms with Crippen molar-refractivity contribution in [3.05, 3.63) is 11.4 Å². The maximum Gasteiger partial charge on any atom is 0.148 e. The lowest BCUT2D eigenvalue weighted by Crippen LogP contribution is -2.22. The summed E-state index contributed by atoms with van der Waals surface area (Å²) in [6, 6.07) is 0. The SMILES string of the molecule is CCc1nc(NN)c(C)c(NCC2CCCC(C)C2)n1. The van der Waals surface area contributed by atoms with E-state index in [0.29, 0.717) is 0 Å². The molecule has 1 aromatic heterocycles. The second-order valence-corrected chi connectivity index (χ2v) is 5.98. The summed E-state index contributed by atoms with van der Waals surface area (Å²) in [6.07, 6.45) is 6.18. The summed E-state index contributed by atoms with van der Waals surface area (Å²) in [7, 11) is 0. The third-order valence-corrected chi connectivity index (χ3v) is 4.25. The van der Waals surface area contributed by atoms with E-state index in [0.717, 1.165) is 47.8 Å². The lowest BCUT2D eigenvalue weighted by molar-refractivity contribution is 0.293. The number of aryl methyl sites for hydroxylation is 1. The van der Waals surface area contributed by atoms with Crippen molar-refractivity contribution < 1.29 is 0 Å². The number of nitrogen functional groups attached to an aromatic ring is 1. The first kappa shape index (κ1) is 15.0. The van der Waals surface area contributed by atoms with E-state index in [1.807, 2.05) is 6.92 Å². The van der Waals surface area contributed by atoms with Gasteiger partial charge < -0.3 is 10.7 Å². The molecule has 1 aliphatic rings. The Morgan fingerprint density at radius 1 is 1.25 bits per heavy atom. The summed E-state index contributed by atoms with van der Waals surface area (Å²) >= 11 is 0. The van der Waals surface area contributed by atoms with Gasteiger partial charge in [0.1, 0.15) is 17.5 Å². The van der Waals surface area contributed by atoms with Crippen molar-refractivity contribution in [1.29, 1.82) is 0 Å². The van der Waals surface area contributed by atoms with Crippen LogP contribution >= 0.6 is 0 Å². The molecule has 2 rings (SSSR count). The molecule has 1 saturated carbocycles. The number of rotatable bonds is 5. The summed E-state index contributed by atoms with van der Waals surface area (Å²) < 4.78 is 0. The van der Waals surface area contributed by atoms with Gasteiger partial charge in [0.25, 0.3) is 0 Å². The topological polar surface area (TPSA) is 75.9 Å². The molecule has 20 heavy (non-hydrogen) atoms. The first-order chi connectivity index (χ1) is 9.63. The van der Waals surface area contributed by atoms with Crippen molar-refractivity contribution in [3.63, 3.8) is 0 Å². The fourth-order valence-corrected chi connectivity index (χ4v) is 3.02. The van der Waals surface area contributed by atoms with Crippen LogP contribution in [0.4, 0.5) is 11.6 Å². The molecular weight excluding hydrogens is 250 g/mol. The van der Waals surface area contributed by atoms with Gasteiger partial charge in [-0.2, -0.15) is 0 Å². The highest BCUT2D eigenvalue weighted by atomic mass is 15.3. The number of anilines is 2. The molecule has 0 radical (unpaired) electrons. The molecule has 0 spiro atoms. The minimum absolute atomic E-state index is 0.719. The van der Waals surface area contributed by atoms with Gasteiger partial charge in [-0.25, -0.2) is 15.8 Å². The van der Waals surface area contributed by atoms with Crippen LogP contribution in [-0.4, -0.2) is 16.5 Å². The maximum atomic E-state index is 5.53. The molecule has 5 nitrogen and oxygen atoms in total. The molecule has 0 aromatic carbocycles. The molecule has 0 bridgehead atoms. The Morgan fingerprint density at radius 2 is 2.00 bits per heavy atom. The van der Waals surface area contributed by atoms with Crippen LogP contribution in [0.1, 0.15) is 50.9 Å². The Morgan fingerprint density at radius 3 is 2.65 bits per heavy atom. The minimum Gasteiger partial charge on any atom is -0.369 e. The Balaban J connectivity index is 2.04. The highest BCUT2D eigenvalue weighted by molar-refractivity contribution is 5.56. The van der Waals surface area contributed by atoms with Crippen LogP contribution in [0.15, 0.2) is 0 Å². The van der Waals surface area contributed by atoms with Crippen LogP contribution in [-0.2, 0) is 6.42 Å². The van der Waals surface area contributed by atoms with E-state index in [2.05, 4.69) is 34.6 Å². The van der Waals surface area contributed by atoms with Gasteiger partial charge in [-0.15, -0.1) is 0 Å². The molecule has 112 valence electrons. The average molecular weight is 277 g/mol. The van der Waals surface area contributed by atoms with Crippen molar-refractivity contribution in [2.75, 3.05) is 17.3 Å². The van der Waals surface area contributed by atoms with Crippen molar-refractivity contribution in [3.8, 4) is 0 Å². The van der Waals surface area contributed by atoms with E-state index < -0.39 is 0 Å². The van der Waals surface area contributed by atoms with Crippen LogP contribution in [0.5, 0.6) is 0 Å². The van der Waals surface area contributed by atoms with E-state index in [9.17, 15) is 0 Å². The number of hydrogen-bond acceptors (Lipinski definition) is 5. The highest BCUT2D eigenvalue weighted by Gasteiger charge is 2.19. The molecule has 1 aliphatic carbocycles. The Kier molecular flexibility index (Phi) is 5.17. The number of aromatic nitrogens is 2. The van der Waals surface area contributed by atoms with E-state index >= 15 is 0 Å². The predicted octanol–water partition coefficient (Wildman–Crippen LogP) is 2.87. The van der Waals surface area contributed by atoms with Crippen LogP contribution in [0.25, 0.3) is 0 Å². The number of nitrogens with one attached hydrogen (secondary N) is 2. The summed E-state index contributed by atoms with van der Waals surface area (Å²) in [6.45, 7) is 7.40. The second-order valence-electron chi connectivity index (χ2n) is 5.98. The first-order valence-electron chi connectivity index (χ1n) is 7.72. The first-order valence-corrected chi connectivity index (χ1v) is 7.72. The third-order valence-electron chi connectivity index (χ3n) is 4.25. The zero-order chi connectivity index (χ0) is 14.5. The third kappa shape index (κ3) is 3.60. The molecule has 0 amide bonds. The molecular formula is C15H27N5. The largest absolute Gasteiger partial charge is 0.369 e. The quantitative estimate of drug-likeness (QED) is 0.570. The zero-order valence-corrected chi connectivity index (χ0v) is 12.9. The van der Waals surface area contributed by atoms with Crippen molar-refractivity contribution in [1.82, 2.24) is 9.97 Å². The zero-order valence-electron chi connectivity index (χ0n) is 12.9. The summed E-state index contributed by atoms with van der Waals surface area (Å²) in [4.78, 5) is 8.97. The van der Waals surface area contributed by atoms with Gasteiger partial charge in [0.2, 0.25) is 0 Å². The standard InChI is InChI=1S/C15H27N5/c1-4-13-18-14(11(3)15(19-13)20-16)17-9-12-7-5-6-10(2)8-12/h10,12H,4-9,16H2,1-3H3,(H2,17,18,19,20). The monoisotopic (exact) mass is 277 g/mol. The summed E-state index contributed by atoms with van der Waals surface area (Å²) in [5, 5.41) is 3.51. The summed E-state index contributed by atoms with van der Waals surface area (Å²) in [5.74, 6) is 9.61. The lowest BCUT2D eigenvalue weighted by atomic mass is 9.82. The van der Waals surface area contributed by atoms with Crippen molar-refractivity contribution in [2.24, 2.45) is 17.7 Å². The normalized spacial score (nSPS) is 22.6. The van der Waals surface area contributed by atoms with E-state index in [4.69, 9.17) is 5.84 Å². The molecule has 5 heteroatoms. The van der Waals surface area contributed by atoms with Crippen LogP contribution in [0.3, 0.4) is 0 Å². The van der Waals surface area contributed by atoms with Crippen LogP contribution in [0.2, 0.25) is 0 Å².